The van der Waals surface area contributed by atoms with Crippen molar-refractivity contribution in [3.05, 3.63) is 36.0 Å². The van der Waals surface area contributed by atoms with E-state index in [9.17, 15) is 9.59 Å². The Morgan fingerprint density at radius 1 is 1.35 bits per heavy atom. The summed E-state index contributed by atoms with van der Waals surface area (Å²) < 4.78 is 5.17. The fourth-order valence-electron chi connectivity index (χ4n) is 2.00. The van der Waals surface area contributed by atoms with Crippen LogP contribution in [0.5, 0.6) is 0 Å². The molecule has 0 fully saturated rings. The number of aldehydes is 1. The minimum atomic E-state index is -0.732. The average Bonchev–Trinajstić information content (AvgIpc) is 2.81. The van der Waals surface area contributed by atoms with Crippen LogP contribution in [0.2, 0.25) is 0 Å². The van der Waals surface area contributed by atoms with Gasteiger partial charge in [0, 0.05) is 17.1 Å². The van der Waals surface area contributed by atoms with E-state index < -0.39 is 17.7 Å². The monoisotopic (exact) mass is 274 g/mol. The molecule has 2 N–H and O–H groups in total. The van der Waals surface area contributed by atoms with Crippen LogP contribution in [0, 0.1) is 0 Å². The second-order valence-electron chi connectivity index (χ2n) is 5.55. The molecule has 0 saturated heterocycles. The normalized spacial score (nSPS) is 12.9. The summed E-state index contributed by atoms with van der Waals surface area (Å²) in [4.78, 5) is 26.1. The van der Waals surface area contributed by atoms with Crippen molar-refractivity contribution in [2.24, 2.45) is 0 Å². The number of rotatable bonds is 3. The van der Waals surface area contributed by atoms with E-state index in [-0.39, 0.29) is 0 Å². The maximum Gasteiger partial charge on any atom is 0.408 e. The number of nitrogens with one attached hydrogen (secondary N) is 2. The third kappa shape index (κ3) is 3.17. The van der Waals surface area contributed by atoms with Gasteiger partial charge in [0.05, 0.1) is 0 Å². The van der Waals surface area contributed by atoms with Crippen LogP contribution >= 0.6 is 0 Å². The van der Waals surface area contributed by atoms with Crippen LogP contribution < -0.4 is 5.32 Å². The van der Waals surface area contributed by atoms with Crippen molar-refractivity contribution in [2.45, 2.75) is 32.4 Å². The van der Waals surface area contributed by atoms with E-state index in [1.165, 1.54) is 0 Å². The number of aromatic nitrogens is 1. The first-order chi connectivity index (χ1) is 9.40. The van der Waals surface area contributed by atoms with E-state index in [2.05, 4.69) is 10.3 Å². The Morgan fingerprint density at radius 2 is 2.10 bits per heavy atom. The van der Waals surface area contributed by atoms with E-state index in [4.69, 9.17) is 4.74 Å². The number of H-pyrrole nitrogens is 1. The molecule has 1 unspecified atom stereocenters. The van der Waals surface area contributed by atoms with Crippen molar-refractivity contribution in [1.82, 2.24) is 10.3 Å². The molecule has 1 aromatic heterocycles. The van der Waals surface area contributed by atoms with E-state index in [1.807, 2.05) is 24.3 Å². The zero-order chi connectivity index (χ0) is 14.8. The van der Waals surface area contributed by atoms with Gasteiger partial charge in [-0.15, -0.1) is 0 Å². The van der Waals surface area contributed by atoms with Gasteiger partial charge in [0.25, 0.3) is 0 Å². The van der Waals surface area contributed by atoms with Gasteiger partial charge in [-0.05, 0) is 38.5 Å². The minimum absolute atomic E-state index is 0.600. The lowest BCUT2D eigenvalue weighted by Crippen LogP contribution is -2.35. The highest BCUT2D eigenvalue weighted by Crippen LogP contribution is 2.23. The van der Waals surface area contributed by atoms with Gasteiger partial charge in [-0.2, -0.15) is 0 Å². The van der Waals surface area contributed by atoms with Crippen LogP contribution in [0.4, 0.5) is 4.79 Å². The molecule has 1 amide bonds. The molecule has 1 aromatic carbocycles. The summed E-state index contributed by atoms with van der Waals surface area (Å²) in [5.74, 6) is 0. The first-order valence-corrected chi connectivity index (χ1v) is 6.41. The molecule has 0 aliphatic heterocycles. The number of carbonyl (C=O) groups excluding carboxylic acids is 2. The van der Waals surface area contributed by atoms with Gasteiger partial charge in [-0.1, -0.05) is 12.1 Å². The molecular formula is C15H18N2O3. The zero-order valence-electron chi connectivity index (χ0n) is 11.8. The Bertz CT molecular complexity index is 625. The number of amides is 1. The summed E-state index contributed by atoms with van der Waals surface area (Å²) in [7, 11) is 0. The van der Waals surface area contributed by atoms with Gasteiger partial charge in [0.15, 0.2) is 0 Å². The zero-order valence-corrected chi connectivity index (χ0v) is 11.8. The van der Waals surface area contributed by atoms with Gasteiger partial charge in [-0.3, -0.25) is 0 Å². The second-order valence-corrected chi connectivity index (χ2v) is 5.55. The number of carbonyl (C=O) groups is 2. The number of benzene rings is 1. The number of hydrogen-bond acceptors (Lipinski definition) is 3. The van der Waals surface area contributed by atoms with Gasteiger partial charge < -0.3 is 19.8 Å². The smallest absolute Gasteiger partial charge is 0.408 e. The van der Waals surface area contributed by atoms with Gasteiger partial charge in [0.1, 0.15) is 17.9 Å². The molecule has 0 bridgehead atoms. The molecule has 2 aromatic rings. The molecule has 0 radical (unpaired) electrons. The Hall–Kier alpha value is -2.30. The number of aromatic amines is 1. The van der Waals surface area contributed by atoms with Crippen LogP contribution in [-0.2, 0) is 9.53 Å². The molecule has 2 rings (SSSR count). The lowest BCUT2D eigenvalue weighted by Gasteiger charge is -2.21. The Balaban J connectivity index is 2.22. The molecular weight excluding hydrogens is 256 g/mol. The number of fused-ring (bicyclic) bond motifs is 1. The lowest BCUT2D eigenvalue weighted by atomic mass is 10.0. The van der Waals surface area contributed by atoms with Crippen LogP contribution in [0.1, 0.15) is 32.4 Å². The van der Waals surface area contributed by atoms with Crippen LogP contribution in [-0.4, -0.2) is 23.0 Å². The largest absolute Gasteiger partial charge is 0.444 e. The molecule has 1 heterocycles. The quantitative estimate of drug-likeness (QED) is 0.845. The van der Waals surface area contributed by atoms with E-state index in [1.54, 1.807) is 27.0 Å². The topological polar surface area (TPSA) is 71.2 Å². The molecule has 1 atom stereocenters. The molecule has 0 aliphatic rings. The van der Waals surface area contributed by atoms with Crippen molar-refractivity contribution in [1.29, 1.82) is 0 Å². The first kappa shape index (κ1) is 14.1. The molecule has 0 spiro atoms. The van der Waals surface area contributed by atoms with Gasteiger partial charge >= 0.3 is 6.09 Å². The van der Waals surface area contributed by atoms with Crippen molar-refractivity contribution >= 4 is 23.3 Å². The minimum Gasteiger partial charge on any atom is -0.444 e. The van der Waals surface area contributed by atoms with Crippen LogP contribution in [0.3, 0.4) is 0 Å². The predicted octanol–water partition coefficient (Wildman–Crippen LogP) is 2.93. The molecule has 0 saturated carbocycles. The average molecular weight is 274 g/mol. The number of alkyl carbamates (subject to hydrolysis) is 1. The fourth-order valence-corrected chi connectivity index (χ4v) is 2.00. The Labute approximate surface area is 117 Å². The van der Waals surface area contributed by atoms with E-state index >= 15 is 0 Å². The van der Waals surface area contributed by atoms with Crippen LogP contribution in [0.15, 0.2) is 30.5 Å². The molecule has 5 heteroatoms. The van der Waals surface area contributed by atoms with Crippen molar-refractivity contribution in [3.63, 3.8) is 0 Å². The van der Waals surface area contributed by atoms with Gasteiger partial charge in [0.2, 0.25) is 0 Å². The third-order valence-electron chi connectivity index (χ3n) is 2.77. The van der Waals surface area contributed by atoms with Crippen molar-refractivity contribution < 1.29 is 14.3 Å². The summed E-state index contributed by atoms with van der Waals surface area (Å²) in [5, 5.41) is 3.48. The number of hydrogen-bond donors (Lipinski definition) is 2. The second kappa shape index (κ2) is 5.36. The summed E-state index contributed by atoms with van der Waals surface area (Å²) in [5.41, 5.74) is 1.06. The van der Waals surface area contributed by atoms with Crippen molar-refractivity contribution in [2.75, 3.05) is 0 Å². The molecule has 0 aliphatic carbocycles. The summed E-state index contributed by atoms with van der Waals surface area (Å²) in [6, 6.07) is 6.70. The lowest BCUT2D eigenvalue weighted by molar-refractivity contribution is -0.109. The van der Waals surface area contributed by atoms with E-state index in [0.29, 0.717) is 6.29 Å². The maximum atomic E-state index is 11.8. The Morgan fingerprint density at radius 3 is 2.75 bits per heavy atom. The summed E-state index contributed by atoms with van der Waals surface area (Å²) in [6.07, 6.45) is 1.89. The van der Waals surface area contributed by atoms with Gasteiger partial charge in [-0.25, -0.2) is 4.79 Å². The highest BCUT2D eigenvalue weighted by molar-refractivity contribution is 5.87. The third-order valence-corrected chi connectivity index (χ3v) is 2.77. The van der Waals surface area contributed by atoms with Crippen molar-refractivity contribution in [3.8, 4) is 0 Å². The summed E-state index contributed by atoms with van der Waals surface area (Å²) in [6.45, 7) is 5.32. The maximum absolute atomic E-state index is 11.8. The first-order valence-electron chi connectivity index (χ1n) is 6.41. The molecule has 5 nitrogen and oxygen atoms in total. The standard InChI is InChI=1S/C15H18N2O3/c1-15(2,3)20-14(19)17-13(9-18)10-5-4-6-12-11(10)7-8-16-12/h4-9,13,16H,1-3H3,(H,17,19). The summed E-state index contributed by atoms with van der Waals surface area (Å²) >= 11 is 0. The fraction of sp³-hybridized carbons (Fsp3) is 0.333. The molecule has 20 heavy (non-hydrogen) atoms. The number of ether oxygens (including phenoxy) is 1. The van der Waals surface area contributed by atoms with E-state index in [0.717, 1.165) is 16.5 Å². The Kier molecular flexibility index (Phi) is 3.79. The SMILES string of the molecule is CC(C)(C)OC(=O)NC(C=O)c1cccc2[nH]ccc12. The molecule has 106 valence electrons. The van der Waals surface area contributed by atoms with Crippen LogP contribution in [0.25, 0.3) is 10.9 Å². The predicted molar refractivity (Wildman–Crippen MR) is 76.5 cm³/mol. The highest BCUT2D eigenvalue weighted by Gasteiger charge is 2.21. The highest BCUT2D eigenvalue weighted by atomic mass is 16.6.